The van der Waals surface area contributed by atoms with Crippen LogP contribution in [0.25, 0.3) is 0 Å². The van der Waals surface area contributed by atoms with Gasteiger partial charge in [-0.05, 0) is 13.8 Å². The number of hydrogen-bond acceptors (Lipinski definition) is 0. The smallest absolute Gasteiger partial charge is 0 e. The molecule has 0 aromatic carbocycles. The molecule has 0 rings (SSSR count). The van der Waals surface area contributed by atoms with Crippen LogP contribution in [0.1, 0.15) is 13.8 Å². The molecule has 3 radical (unpaired) electrons. The molecular formula is C4H8Bi. The van der Waals surface area contributed by atoms with Crippen LogP contribution in [0, 0.1) is 0 Å². The first kappa shape index (κ1) is 9.16. The van der Waals surface area contributed by atoms with Gasteiger partial charge >= 0.3 is 0 Å². The van der Waals surface area contributed by atoms with Gasteiger partial charge in [0.1, 0.15) is 0 Å². The van der Waals surface area contributed by atoms with Crippen molar-refractivity contribution >= 4 is 26.2 Å². The van der Waals surface area contributed by atoms with E-state index in [1.54, 1.807) is 0 Å². The van der Waals surface area contributed by atoms with Crippen molar-refractivity contribution in [1.82, 2.24) is 0 Å². The fourth-order valence-corrected chi connectivity index (χ4v) is 0. The first-order chi connectivity index (χ1) is 1.91. The molecule has 0 saturated heterocycles. The molecule has 0 amide bonds. The van der Waals surface area contributed by atoms with E-state index in [4.69, 9.17) is 0 Å². The summed E-state index contributed by atoms with van der Waals surface area (Å²) < 4.78 is 0. The van der Waals surface area contributed by atoms with Gasteiger partial charge in [-0.1, -0.05) is 12.2 Å². The maximum atomic E-state index is 2.00. The molecule has 5 heavy (non-hydrogen) atoms. The van der Waals surface area contributed by atoms with E-state index in [1.807, 2.05) is 26.0 Å². The van der Waals surface area contributed by atoms with Gasteiger partial charge in [-0.15, -0.1) is 0 Å². The van der Waals surface area contributed by atoms with Crippen LogP contribution in [0.2, 0.25) is 0 Å². The summed E-state index contributed by atoms with van der Waals surface area (Å²) in [5, 5.41) is 0. The van der Waals surface area contributed by atoms with Gasteiger partial charge in [0.05, 0.1) is 0 Å². The SMILES string of the molecule is CC=CC.[Bi]. The van der Waals surface area contributed by atoms with E-state index >= 15 is 0 Å². The monoisotopic (exact) mass is 265 g/mol. The van der Waals surface area contributed by atoms with Crippen molar-refractivity contribution in [2.45, 2.75) is 13.8 Å². The molecule has 0 aromatic rings. The minimum absolute atomic E-state index is 0. The molecule has 0 aromatic heterocycles. The molecule has 0 atom stereocenters. The van der Waals surface area contributed by atoms with Gasteiger partial charge in [-0.3, -0.25) is 0 Å². The summed E-state index contributed by atoms with van der Waals surface area (Å²) in [6.07, 6.45) is 4.00. The Bertz CT molecular complexity index is 18.8. The summed E-state index contributed by atoms with van der Waals surface area (Å²) in [5.41, 5.74) is 0. The number of rotatable bonds is 0. The van der Waals surface area contributed by atoms with Crippen molar-refractivity contribution in [2.24, 2.45) is 0 Å². The van der Waals surface area contributed by atoms with Crippen molar-refractivity contribution in [3.8, 4) is 0 Å². The standard InChI is InChI=1S/C4H8.Bi/c1-3-4-2;/h3-4H,1-2H3;. The van der Waals surface area contributed by atoms with E-state index in [-0.39, 0.29) is 26.2 Å². The normalized spacial score (nSPS) is 7.60. The molecule has 0 saturated carbocycles. The molecule has 0 bridgehead atoms. The average Bonchev–Trinajstić information content (AvgIpc) is 1.37. The quantitative estimate of drug-likeness (QED) is 0.456. The van der Waals surface area contributed by atoms with Gasteiger partial charge < -0.3 is 0 Å². The summed E-state index contributed by atoms with van der Waals surface area (Å²) in [6.45, 7) is 4.00. The molecule has 0 nitrogen and oxygen atoms in total. The molecule has 0 unspecified atom stereocenters. The second kappa shape index (κ2) is 8.82. The van der Waals surface area contributed by atoms with Crippen LogP contribution in [0.15, 0.2) is 12.2 Å². The van der Waals surface area contributed by atoms with E-state index in [0.29, 0.717) is 0 Å². The third kappa shape index (κ3) is 12.1. The van der Waals surface area contributed by atoms with Crippen molar-refractivity contribution in [3.63, 3.8) is 0 Å². The Morgan fingerprint density at radius 1 is 1.00 bits per heavy atom. The second-order valence-corrected chi connectivity index (χ2v) is 0.667. The first-order valence-electron chi connectivity index (χ1n) is 1.49. The van der Waals surface area contributed by atoms with Crippen LogP contribution in [-0.2, 0) is 0 Å². The summed E-state index contributed by atoms with van der Waals surface area (Å²) in [7, 11) is 0. The maximum Gasteiger partial charge on any atom is 0 e. The van der Waals surface area contributed by atoms with Crippen LogP contribution in [-0.4, -0.2) is 26.2 Å². The van der Waals surface area contributed by atoms with Crippen molar-refractivity contribution in [2.75, 3.05) is 0 Å². The third-order valence-electron chi connectivity index (χ3n) is 0.333. The van der Waals surface area contributed by atoms with Gasteiger partial charge in [0.25, 0.3) is 0 Å². The predicted octanol–water partition coefficient (Wildman–Crippen LogP) is 1.20. The topological polar surface area (TPSA) is 0 Å². The zero-order chi connectivity index (χ0) is 3.41. The minimum atomic E-state index is 0. The van der Waals surface area contributed by atoms with Gasteiger partial charge in [0.15, 0.2) is 0 Å². The Kier molecular flexibility index (Phi) is 16.2. The van der Waals surface area contributed by atoms with Gasteiger partial charge in [0, 0.05) is 26.2 Å². The van der Waals surface area contributed by atoms with Crippen LogP contribution < -0.4 is 0 Å². The van der Waals surface area contributed by atoms with E-state index in [0.717, 1.165) is 0 Å². The summed E-state index contributed by atoms with van der Waals surface area (Å²) in [6, 6.07) is 0. The Morgan fingerprint density at radius 3 is 1.20 bits per heavy atom. The Morgan fingerprint density at radius 2 is 1.20 bits per heavy atom. The number of hydrogen-bond donors (Lipinski definition) is 0. The Balaban J connectivity index is 0. The Labute approximate surface area is 52.4 Å². The van der Waals surface area contributed by atoms with E-state index in [2.05, 4.69) is 0 Å². The van der Waals surface area contributed by atoms with Crippen molar-refractivity contribution < 1.29 is 0 Å². The maximum absolute atomic E-state index is 2.00. The zero-order valence-corrected chi connectivity index (χ0v) is 7.08. The molecule has 0 fully saturated rings. The molecular weight excluding hydrogens is 257 g/mol. The summed E-state index contributed by atoms with van der Waals surface area (Å²) in [4.78, 5) is 0. The van der Waals surface area contributed by atoms with Gasteiger partial charge in [-0.2, -0.15) is 0 Å². The molecule has 0 N–H and O–H groups in total. The molecule has 0 aliphatic carbocycles. The van der Waals surface area contributed by atoms with E-state index in [1.165, 1.54) is 0 Å². The van der Waals surface area contributed by atoms with Crippen LogP contribution in [0.4, 0.5) is 0 Å². The molecule has 29 valence electrons. The fourth-order valence-electron chi connectivity index (χ4n) is 0. The average molecular weight is 265 g/mol. The molecule has 1 heteroatoms. The second-order valence-electron chi connectivity index (χ2n) is 0.667. The largest absolute Gasteiger partial charge is 0.0919 e. The Hall–Kier alpha value is 0.623. The zero-order valence-electron chi connectivity index (χ0n) is 3.60. The third-order valence-corrected chi connectivity index (χ3v) is 0.333. The summed E-state index contributed by atoms with van der Waals surface area (Å²) >= 11 is 0. The minimum Gasteiger partial charge on any atom is -0.0919 e. The van der Waals surface area contributed by atoms with Crippen LogP contribution in [0.5, 0.6) is 0 Å². The molecule has 0 spiro atoms. The van der Waals surface area contributed by atoms with Crippen LogP contribution in [0.3, 0.4) is 0 Å². The molecule has 0 aliphatic heterocycles. The number of allylic oxidation sites excluding steroid dienone is 2. The van der Waals surface area contributed by atoms with Crippen molar-refractivity contribution in [3.05, 3.63) is 12.2 Å². The molecule has 0 aliphatic rings. The van der Waals surface area contributed by atoms with Crippen molar-refractivity contribution in [1.29, 1.82) is 0 Å². The van der Waals surface area contributed by atoms with Gasteiger partial charge in [0.2, 0.25) is 0 Å². The summed E-state index contributed by atoms with van der Waals surface area (Å²) in [5.74, 6) is 0. The van der Waals surface area contributed by atoms with E-state index < -0.39 is 0 Å². The van der Waals surface area contributed by atoms with E-state index in [9.17, 15) is 0 Å². The fraction of sp³-hybridized carbons (Fsp3) is 0.500. The first-order valence-corrected chi connectivity index (χ1v) is 1.49. The predicted molar refractivity (Wildman–Crippen MR) is 26.2 cm³/mol. The van der Waals surface area contributed by atoms with Gasteiger partial charge in [-0.25, -0.2) is 0 Å². The molecule has 0 heterocycles. The van der Waals surface area contributed by atoms with Crippen LogP contribution >= 0.6 is 0 Å².